The average Bonchev–Trinajstić information content (AvgIpc) is 3.10. The molecule has 3 N–H and O–H groups in total. The Morgan fingerprint density at radius 1 is 1.35 bits per heavy atom. The van der Waals surface area contributed by atoms with E-state index in [-0.39, 0.29) is 28.6 Å². The third kappa shape index (κ3) is 2.78. The van der Waals surface area contributed by atoms with Crippen molar-refractivity contribution in [3.8, 4) is 0 Å². The molecular weight excluding hydrogens is 327 g/mol. The minimum absolute atomic E-state index is 0.0323. The number of aromatic amines is 1. The zero-order chi connectivity index (χ0) is 16.6. The number of hydrogen-bond donors (Lipinski definition) is 3. The predicted octanol–water partition coefficient (Wildman–Crippen LogP) is 3.18. The van der Waals surface area contributed by atoms with Crippen LogP contribution in [0.4, 0.5) is 4.39 Å². The monoisotopic (exact) mass is 336 g/mol. The van der Waals surface area contributed by atoms with Gasteiger partial charge in [-0.2, -0.15) is 0 Å². The molecular formula is C15H10ClFN2O4. The molecule has 0 aliphatic rings. The Labute approximate surface area is 133 Å². The van der Waals surface area contributed by atoms with Gasteiger partial charge in [0.25, 0.3) is 5.91 Å². The molecule has 8 heteroatoms. The molecule has 23 heavy (non-hydrogen) atoms. The van der Waals surface area contributed by atoms with E-state index in [1.54, 1.807) is 0 Å². The van der Waals surface area contributed by atoms with Gasteiger partial charge in [-0.1, -0.05) is 11.6 Å². The van der Waals surface area contributed by atoms with E-state index >= 15 is 0 Å². The van der Waals surface area contributed by atoms with Gasteiger partial charge in [0.15, 0.2) is 0 Å². The van der Waals surface area contributed by atoms with Gasteiger partial charge in [0, 0.05) is 10.9 Å². The van der Waals surface area contributed by atoms with Gasteiger partial charge in [-0.15, -0.1) is 0 Å². The van der Waals surface area contributed by atoms with Crippen molar-refractivity contribution in [2.45, 2.75) is 6.54 Å². The van der Waals surface area contributed by atoms with Crippen molar-refractivity contribution in [1.82, 2.24) is 10.3 Å². The Hall–Kier alpha value is -2.80. The number of amides is 1. The number of nitrogens with one attached hydrogen (secondary N) is 2. The molecule has 3 aromatic rings. The van der Waals surface area contributed by atoms with Gasteiger partial charge in [-0.3, -0.25) is 4.79 Å². The largest absolute Gasteiger partial charge is 0.478 e. The number of halogens is 2. The zero-order valence-corrected chi connectivity index (χ0v) is 12.3. The summed E-state index contributed by atoms with van der Waals surface area (Å²) in [6, 6.07) is 5.24. The molecule has 1 aromatic carbocycles. The highest BCUT2D eigenvalue weighted by Gasteiger charge is 2.19. The van der Waals surface area contributed by atoms with Crippen LogP contribution in [0.5, 0.6) is 0 Å². The quantitative estimate of drug-likeness (QED) is 0.682. The number of furan rings is 1. The van der Waals surface area contributed by atoms with Crippen molar-refractivity contribution in [3.05, 3.63) is 58.4 Å². The van der Waals surface area contributed by atoms with Crippen LogP contribution in [0.2, 0.25) is 5.02 Å². The van der Waals surface area contributed by atoms with Crippen LogP contribution in [-0.4, -0.2) is 22.0 Å². The number of hydrogen-bond acceptors (Lipinski definition) is 3. The topological polar surface area (TPSA) is 95.3 Å². The molecule has 0 saturated heterocycles. The normalized spacial score (nSPS) is 10.9. The van der Waals surface area contributed by atoms with Crippen molar-refractivity contribution in [1.29, 1.82) is 0 Å². The summed E-state index contributed by atoms with van der Waals surface area (Å²) >= 11 is 6.09. The van der Waals surface area contributed by atoms with Crippen LogP contribution >= 0.6 is 11.6 Å². The Morgan fingerprint density at radius 2 is 2.13 bits per heavy atom. The average molecular weight is 337 g/mol. The Bertz CT molecular complexity index is 915. The molecule has 0 saturated carbocycles. The molecule has 6 nitrogen and oxygen atoms in total. The van der Waals surface area contributed by atoms with Gasteiger partial charge in [-0.05, 0) is 24.3 Å². The summed E-state index contributed by atoms with van der Waals surface area (Å²) in [6.45, 7) is -0.118. The van der Waals surface area contributed by atoms with Crippen LogP contribution in [0, 0.1) is 5.82 Å². The molecule has 0 radical (unpaired) electrons. The number of aromatic nitrogens is 1. The zero-order valence-electron chi connectivity index (χ0n) is 11.5. The third-order valence-electron chi connectivity index (χ3n) is 3.31. The summed E-state index contributed by atoms with van der Waals surface area (Å²) in [5, 5.41) is 12.0. The van der Waals surface area contributed by atoms with E-state index in [4.69, 9.17) is 21.1 Å². The molecule has 0 aliphatic heterocycles. The SMILES string of the molecule is O=C(O)c1ccoc1CNC(=O)c1[nH]c2ccc(F)cc2c1Cl. The molecule has 2 aromatic heterocycles. The smallest absolute Gasteiger partial charge is 0.339 e. The summed E-state index contributed by atoms with van der Waals surface area (Å²) < 4.78 is 18.3. The summed E-state index contributed by atoms with van der Waals surface area (Å²) in [4.78, 5) is 26.0. The van der Waals surface area contributed by atoms with Crippen molar-refractivity contribution in [2.24, 2.45) is 0 Å². The highest BCUT2D eigenvalue weighted by atomic mass is 35.5. The Kier molecular flexibility index (Phi) is 3.79. The molecule has 2 heterocycles. The number of H-pyrrole nitrogens is 1. The first kappa shape index (κ1) is 15.1. The molecule has 0 fully saturated rings. The Morgan fingerprint density at radius 3 is 2.87 bits per heavy atom. The van der Waals surface area contributed by atoms with Gasteiger partial charge < -0.3 is 19.8 Å². The maximum atomic E-state index is 13.2. The van der Waals surface area contributed by atoms with Gasteiger partial charge in [-0.25, -0.2) is 9.18 Å². The molecule has 0 spiro atoms. The van der Waals surface area contributed by atoms with E-state index in [1.165, 1.54) is 30.5 Å². The van der Waals surface area contributed by atoms with E-state index in [9.17, 15) is 14.0 Å². The number of benzene rings is 1. The van der Waals surface area contributed by atoms with E-state index in [0.29, 0.717) is 10.9 Å². The fourth-order valence-electron chi connectivity index (χ4n) is 2.20. The second-order valence-electron chi connectivity index (χ2n) is 4.75. The van der Waals surface area contributed by atoms with E-state index < -0.39 is 17.7 Å². The maximum absolute atomic E-state index is 13.2. The third-order valence-corrected chi connectivity index (χ3v) is 3.70. The standard InChI is InChI=1S/C15H10ClFN2O4/c16-12-9-5-7(17)1-2-10(9)19-13(12)14(20)18-6-11-8(15(21)22)3-4-23-11/h1-5,19H,6H2,(H,18,20)(H,21,22). The highest BCUT2D eigenvalue weighted by Crippen LogP contribution is 2.28. The second kappa shape index (κ2) is 5.77. The number of carboxylic acids is 1. The number of fused-ring (bicyclic) bond motifs is 1. The minimum Gasteiger partial charge on any atom is -0.478 e. The fraction of sp³-hybridized carbons (Fsp3) is 0.0667. The molecule has 3 rings (SSSR count). The lowest BCUT2D eigenvalue weighted by Gasteiger charge is -2.03. The summed E-state index contributed by atoms with van der Waals surface area (Å²) in [5.41, 5.74) is 0.552. The molecule has 0 aliphatic carbocycles. The maximum Gasteiger partial charge on any atom is 0.339 e. The number of carboxylic acid groups (broad SMARTS) is 1. The molecule has 0 atom stereocenters. The number of carbonyl (C=O) groups is 2. The first-order valence-electron chi connectivity index (χ1n) is 6.52. The van der Waals surface area contributed by atoms with Gasteiger partial charge >= 0.3 is 5.97 Å². The fourth-order valence-corrected chi connectivity index (χ4v) is 2.49. The van der Waals surface area contributed by atoms with E-state index in [0.717, 1.165) is 0 Å². The first-order valence-corrected chi connectivity index (χ1v) is 6.89. The summed E-state index contributed by atoms with van der Waals surface area (Å²) in [7, 11) is 0. The van der Waals surface area contributed by atoms with E-state index in [2.05, 4.69) is 10.3 Å². The second-order valence-corrected chi connectivity index (χ2v) is 5.13. The lowest BCUT2D eigenvalue weighted by molar-refractivity contribution is 0.0692. The van der Waals surface area contributed by atoms with Gasteiger partial charge in [0.05, 0.1) is 17.8 Å². The van der Waals surface area contributed by atoms with Crippen LogP contribution in [0.1, 0.15) is 26.6 Å². The van der Waals surface area contributed by atoms with Crippen LogP contribution < -0.4 is 5.32 Å². The lowest BCUT2D eigenvalue weighted by atomic mass is 10.2. The first-order chi connectivity index (χ1) is 11.0. The van der Waals surface area contributed by atoms with Crippen molar-refractivity contribution in [3.63, 3.8) is 0 Å². The van der Waals surface area contributed by atoms with Gasteiger partial charge in [0.2, 0.25) is 0 Å². The number of carbonyl (C=O) groups excluding carboxylic acids is 1. The minimum atomic E-state index is -1.15. The van der Waals surface area contributed by atoms with Crippen molar-refractivity contribution < 1.29 is 23.5 Å². The molecule has 118 valence electrons. The summed E-state index contributed by atoms with van der Waals surface area (Å²) in [5.74, 6) is -2.06. The molecule has 0 bridgehead atoms. The highest BCUT2D eigenvalue weighted by molar-refractivity contribution is 6.38. The Balaban J connectivity index is 1.82. The van der Waals surface area contributed by atoms with Crippen LogP contribution in [0.15, 0.2) is 34.9 Å². The molecule has 0 unspecified atom stereocenters. The number of aromatic carboxylic acids is 1. The lowest BCUT2D eigenvalue weighted by Crippen LogP contribution is -2.24. The van der Waals surface area contributed by atoms with Crippen molar-refractivity contribution >= 4 is 34.4 Å². The van der Waals surface area contributed by atoms with Crippen LogP contribution in [0.3, 0.4) is 0 Å². The molecule has 1 amide bonds. The van der Waals surface area contributed by atoms with Crippen LogP contribution in [0.25, 0.3) is 10.9 Å². The van der Waals surface area contributed by atoms with Crippen LogP contribution in [-0.2, 0) is 6.54 Å². The summed E-state index contributed by atoms with van der Waals surface area (Å²) in [6.07, 6.45) is 1.23. The predicted molar refractivity (Wildman–Crippen MR) is 80.1 cm³/mol. The van der Waals surface area contributed by atoms with E-state index in [1.807, 2.05) is 0 Å². The number of rotatable bonds is 4. The van der Waals surface area contributed by atoms with Gasteiger partial charge in [0.1, 0.15) is 22.8 Å². The van der Waals surface area contributed by atoms with Crippen molar-refractivity contribution in [2.75, 3.05) is 0 Å².